The predicted molar refractivity (Wildman–Crippen MR) is 126 cm³/mol. The maximum Gasteiger partial charge on any atom is 0.338 e. The molecule has 0 spiro atoms. The van der Waals surface area contributed by atoms with Gasteiger partial charge in [-0.25, -0.2) is 9.59 Å². The van der Waals surface area contributed by atoms with E-state index in [1.54, 1.807) is 38.0 Å². The molecule has 9 heteroatoms. The summed E-state index contributed by atoms with van der Waals surface area (Å²) in [6.45, 7) is 8.04. The highest BCUT2D eigenvalue weighted by Crippen LogP contribution is 2.33. The van der Waals surface area contributed by atoms with Crippen molar-refractivity contribution in [2.45, 2.75) is 39.7 Å². The number of benzene rings is 1. The molecule has 34 heavy (non-hydrogen) atoms. The summed E-state index contributed by atoms with van der Waals surface area (Å²) in [4.78, 5) is 42.3. The SMILES string of the molecule is CCOC(=O)C1=C(CN2CCCC(C(=O)OCC)C2)N(CC)C(=O)NC1c1ccc(OC)cc1. The molecule has 1 aromatic carbocycles. The van der Waals surface area contributed by atoms with Crippen molar-refractivity contribution in [3.8, 4) is 5.75 Å². The van der Waals surface area contributed by atoms with Crippen LogP contribution in [0.2, 0.25) is 0 Å². The average Bonchev–Trinajstić information content (AvgIpc) is 2.84. The van der Waals surface area contributed by atoms with E-state index in [-0.39, 0.29) is 24.5 Å². The Bertz CT molecular complexity index is 914. The van der Waals surface area contributed by atoms with Crippen molar-refractivity contribution in [1.82, 2.24) is 15.1 Å². The van der Waals surface area contributed by atoms with E-state index >= 15 is 0 Å². The maximum absolute atomic E-state index is 13.2. The first-order valence-electron chi connectivity index (χ1n) is 11.9. The Morgan fingerprint density at radius 3 is 2.41 bits per heavy atom. The van der Waals surface area contributed by atoms with Gasteiger partial charge in [-0.2, -0.15) is 0 Å². The number of ether oxygens (including phenoxy) is 3. The number of urea groups is 1. The monoisotopic (exact) mass is 473 g/mol. The number of methoxy groups -OCH3 is 1. The van der Waals surface area contributed by atoms with Crippen LogP contribution in [-0.4, -0.2) is 74.3 Å². The summed E-state index contributed by atoms with van der Waals surface area (Å²) in [7, 11) is 1.58. The lowest BCUT2D eigenvalue weighted by molar-refractivity contribution is -0.150. The molecule has 0 aliphatic carbocycles. The van der Waals surface area contributed by atoms with Gasteiger partial charge in [0.25, 0.3) is 0 Å². The Balaban J connectivity index is 1.99. The molecule has 0 saturated carbocycles. The molecule has 1 aromatic rings. The zero-order valence-corrected chi connectivity index (χ0v) is 20.5. The lowest BCUT2D eigenvalue weighted by Crippen LogP contribution is -2.51. The van der Waals surface area contributed by atoms with Crippen molar-refractivity contribution in [3.63, 3.8) is 0 Å². The number of hydrogen-bond donors (Lipinski definition) is 1. The van der Waals surface area contributed by atoms with Crippen LogP contribution in [0.25, 0.3) is 0 Å². The van der Waals surface area contributed by atoms with E-state index in [0.29, 0.717) is 43.3 Å². The Labute approximate surface area is 201 Å². The number of hydrogen-bond acceptors (Lipinski definition) is 7. The van der Waals surface area contributed by atoms with Gasteiger partial charge >= 0.3 is 18.0 Å². The molecule has 2 amide bonds. The van der Waals surface area contributed by atoms with Gasteiger partial charge in [-0.15, -0.1) is 0 Å². The lowest BCUT2D eigenvalue weighted by Gasteiger charge is -2.39. The second kappa shape index (κ2) is 11.9. The molecule has 186 valence electrons. The Hall–Kier alpha value is -3.07. The molecule has 1 saturated heterocycles. The molecule has 9 nitrogen and oxygen atoms in total. The van der Waals surface area contributed by atoms with E-state index < -0.39 is 12.0 Å². The van der Waals surface area contributed by atoms with Gasteiger partial charge in [-0.05, 0) is 57.9 Å². The van der Waals surface area contributed by atoms with Crippen molar-refractivity contribution >= 4 is 18.0 Å². The summed E-state index contributed by atoms with van der Waals surface area (Å²) in [5, 5.41) is 2.97. The molecule has 2 aliphatic heterocycles. The number of carbonyl (C=O) groups is 3. The minimum Gasteiger partial charge on any atom is -0.497 e. The maximum atomic E-state index is 13.2. The third-order valence-corrected chi connectivity index (χ3v) is 6.20. The van der Waals surface area contributed by atoms with Crippen molar-refractivity contribution in [2.75, 3.05) is 46.5 Å². The second-order valence-corrected chi connectivity index (χ2v) is 8.31. The highest BCUT2D eigenvalue weighted by Gasteiger charge is 2.39. The average molecular weight is 474 g/mol. The standard InChI is InChI=1S/C25H35N3O6/c1-5-28-20(16-27-14-8-9-18(15-27)23(29)33-6-2)21(24(30)34-7-3)22(26-25(28)31)17-10-12-19(32-4)13-11-17/h10-13,18,22H,5-9,14-16H2,1-4H3,(H,26,31). The van der Waals surface area contributed by atoms with E-state index in [9.17, 15) is 14.4 Å². The molecule has 0 bridgehead atoms. The quantitative estimate of drug-likeness (QED) is 0.551. The van der Waals surface area contributed by atoms with Gasteiger partial charge in [0.1, 0.15) is 5.75 Å². The van der Waals surface area contributed by atoms with E-state index in [1.807, 2.05) is 19.1 Å². The van der Waals surface area contributed by atoms with Gasteiger partial charge in [0, 0.05) is 25.3 Å². The Morgan fingerprint density at radius 1 is 1.09 bits per heavy atom. The zero-order valence-electron chi connectivity index (χ0n) is 20.5. The summed E-state index contributed by atoms with van der Waals surface area (Å²) in [5.41, 5.74) is 1.77. The molecule has 0 radical (unpaired) electrons. The van der Waals surface area contributed by atoms with Crippen molar-refractivity contribution in [1.29, 1.82) is 0 Å². The van der Waals surface area contributed by atoms with Gasteiger partial charge in [0.2, 0.25) is 0 Å². The summed E-state index contributed by atoms with van der Waals surface area (Å²) in [6.07, 6.45) is 1.61. The lowest BCUT2D eigenvalue weighted by atomic mass is 9.93. The number of likely N-dealkylation sites (N-methyl/N-ethyl adjacent to an activating group) is 1. The van der Waals surface area contributed by atoms with E-state index in [2.05, 4.69) is 10.2 Å². The number of piperidine rings is 1. The fourth-order valence-corrected chi connectivity index (χ4v) is 4.57. The van der Waals surface area contributed by atoms with Gasteiger partial charge in [-0.3, -0.25) is 14.6 Å². The van der Waals surface area contributed by atoms with Gasteiger partial charge in [0.05, 0.1) is 37.9 Å². The molecular weight excluding hydrogens is 438 g/mol. The predicted octanol–water partition coefficient (Wildman–Crippen LogP) is 2.87. The number of amides is 2. The molecule has 1 fully saturated rings. The summed E-state index contributed by atoms with van der Waals surface area (Å²) >= 11 is 0. The van der Waals surface area contributed by atoms with Crippen LogP contribution in [0, 0.1) is 5.92 Å². The summed E-state index contributed by atoms with van der Waals surface area (Å²) in [5.74, 6) is -0.195. The normalized spacial score (nSPS) is 21.2. The zero-order chi connectivity index (χ0) is 24.7. The topological polar surface area (TPSA) is 97.4 Å². The number of nitrogens with one attached hydrogen (secondary N) is 1. The highest BCUT2D eigenvalue weighted by atomic mass is 16.5. The van der Waals surface area contributed by atoms with Crippen molar-refractivity contribution in [2.24, 2.45) is 5.92 Å². The van der Waals surface area contributed by atoms with Crippen LogP contribution in [0.5, 0.6) is 5.75 Å². The fraction of sp³-hybridized carbons (Fsp3) is 0.560. The van der Waals surface area contributed by atoms with Crippen LogP contribution in [0.1, 0.15) is 45.2 Å². The third kappa shape index (κ3) is 5.70. The number of likely N-dealkylation sites (tertiary alicyclic amines) is 1. The van der Waals surface area contributed by atoms with E-state index in [0.717, 1.165) is 24.9 Å². The first-order valence-corrected chi connectivity index (χ1v) is 11.9. The fourth-order valence-electron chi connectivity index (χ4n) is 4.57. The molecule has 0 aromatic heterocycles. The van der Waals surface area contributed by atoms with Crippen LogP contribution < -0.4 is 10.1 Å². The van der Waals surface area contributed by atoms with E-state index in [1.165, 1.54) is 0 Å². The summed E-state index contributed by atoms with van der Waals surface area (Å²) < 4.78 is 15.9. The van der Waals surface area contributed by atoms with Crippen molar-refractivity contribution < 1.29 is 28.6 Å². The van der Waals surface area contributed by atoms with Crippen LogP contribution in [0.15, 0.2) is 35.5 Å². The first-order chi connectivity index (χ1) is 16.4. The molecule has 3 rings (SSSR count). The minimum absolute atomic E-state index is 0.198. The highest BCUT2D eigenvalue weighted by molar-refractivity contribution is 5.95. The number of esters is 2. The largest absolute Gasteiger partial charge is 0.497 e. The number of carbonyl (C=O) groups excluding carboxylic acids is 3. The van der Waals surface area contributed by atoms with Gasteiger partial charge < -0.3 is 19.5 Å². The van der Waals surface area contributed by atoms with Crippen LogP contribution >= 0.6 is 0 Å². The van der Waals surface area contributed by atoms with Gasteiger partial charge in [0.15, 0.2) is 0 Å². The summed E-state index contributed by atoms with van der Waals surface area (Å²) in [6, 6.07) is 6.33. The number of nitrogens with zero attached hydrogens (tertiary/aromatic N) is 2. The van der Waals surface area contributed by atoms with Gasteiger partial charge in [-0.1, -0.05) is 12.1 Å². The molecule has 1 N–H and O–H groups in total. The minimum atomic E-state index is -0.652. The third-order valence-electron chi connectivity index (χ3n) is 6.20. The van der Waals surface area contributed by atoms with Crippen LogP contribution in [-0.2, 0) is 19.1 Å². The molecular formula is C25H35N3O6. The molecule has 2 heterocycles. The Morgan fingerprint density at radius 2 is 1.79 bits per heavy atom. The van der Waals surface area contributed by atoms with E-state index in [4.69, 9.17) is 14.2 Å². The smallest absolute Gasteiger partial charge is 0.338 e. The van der Waals surface area contributed by atoms with Crippen LogP contribution in [0.4, 0.5) is 4.79 Å². The molecule has 2 aliphatic rings. The second-order valence-electron chi connectivity index (χ2n) is 8.31. The Kier molecular flexibility index (Phi) is 8.92. The van der Waals surface area contributed by atoms with Crippen molar-refractivity contribution in [3.05, 3.63) is 41.1 Å². The number of rotatable bonds is 9. The molecule has 2 atom stereocenters. The first kappa shape index (κ1) is 25.6. The molecule has 2 unspecified atom stereocenters. The van der Waals surface area contributed by atoms with Crippen LogP contribution in [0.3, 0.4) is 0 Å².